The van der Waals surface area contributed by atoms with E-state index in [9.17, 15) is 22.0 Å². The number of nitrogens with zero attached hydrogens (tertiary/aromatic N) is 2. The summed E-state index contributed by atoms with van der Waals surface area (Å²) in [7, 11) is 0. The Bertz CT molecular complexity index is 859. The highest BCUT2D eigenvalue weighted by molar-refractivity contribution is 6.14. The van der Waals surface area contributed by atoms with Gasteiger partial charge in [-0.25, -0.2) is 13.2 Å². The van der Waals surface area contributed by atoms with E-state index in [1.54, 1.807) is 0 Å². The Balaban J connectivity index is 2.25. The Morgan fingerprint density at radius 2 is 1.76 bits per heavy atom. The number of hydrogen-bond donors (Lipinski definition) is 0. The van der Waals surface area contributed by atoms with Gasteiger partial charge in [0.25, 0.3) is 5.92 Å². The lowest BCUT2D eigenvalue weighted by atomic mass is 9.81. The van der Waals surface area contributed by atoms with Crippen molar-refractivity contribution in [3.05, 3.63) is 64.2 Å². The van der Waals surface area contributed by atoms with Crippen molar-refractivity contribution in [1.29, 1.82) is 0 Å². The number of rotatable bonds is 3. The lowest BCUT2D eigenvalue weighted by molar-refractivity contribution is -0.0684. The van der Waals surface area contributed by atoms with Crippen LogP contribution in [0.3, 0.4) is 0 Å². The van der Waals surface area contributed by atoms with Crippen molar-refractivity contribution in [2.75, 3.05) is 0 Å². The second kappa shape index (κ2) is 5.89. The van der Waals surface area contributed by atoms with Gasteiger partial charge < -0.3 is 0 Å². The Morgan fingerprint density at radius 3 is 2.40 bits per heavy atom. The SMILES string of the molecule is CC1(C)N=C(c2cnc(CF)c(CF)c2)c2ccc(F)cc2C1(F)F. The summed E-state index contributed by atoms with van der Waals surface area (Å²) in [5.41, 5.74) is -1.87. The molecule has 1 aromatic heterocycles. The van der Waals surface area contributed by atoms with E-state index in [-0.39, 0.29) is 28.1 Å². The van der Waals surface area contributed by atoms with Crippen molar-refractivity contribution < 1.29 is 22.0 Å². The molecule has 1 aliphatic heterocycles. The van der Waals surface area contributed by atoms with Gasteiger partial charge in [-0.15, -0.1) is 0 Å². The number of fused-ring (bicyclic) bond motifs is 1. The van der Waals surface area contributed by atoms with Gasteiger partial charge in [-0.1, -0.05) is 0 Å². The van der Waals surface area contributed by atoms with Crippen LogP contribution in [0.5, 0.6) is 0 Å². The minimum absolute atomic E-state index is 0.0292. The summed E-state index contributed by atoms with van der Waals surface area (Å²) in [5, 5.41) is 0. The molecular formula is C18H15F5N2. The monoisotopic (exact) mass is 354 g/mol. The van der Waals surface area contributed by atoms with Crippen LogP contribution in [0.25, 0.3) is 0 Å². The zero-order valence-corrected chi connectivity index (χ0v) is 13.6. The highest BCUT2D eigenvalue weighted by atomic mass is 19.3. The third-order valence-electron chi connectivity index (χ3n) is 4.34. The van der Waals surface area contributed by atoms with Crippen LogP contribution in [0, 0.1) is 5.82 Å². The molecule has 0 spiro atoms. The quantitative estimate of drug-likeness (QED) is 0.721. The highest BCUT2D eigenvalue weighted by Crippen LogP contribution is 2.47. The van der Waals surface area contributed by atoms with Crippen LogP contribution in [-0.2, 0) is 19.3 Å². The van der Waals surface area contributed by atoms with Gasteiger partial charge in [0.05, 0.1) is 11.4 Å². The first-order chi connectivity index (χ1) is 11.7. The summed E-state index contributed by atoms with van der Waals surface area (Å²) in [5.74, 6) is -4.17. The van der Waals surface area contributed by atoms with Crippen molar-refractivity contribution in [3.63, 3.8) is 0 Å². The maximum Gasteiger partial charge on any atom is 0.298 e. The lowest BCUT2D eigenvalue weighted by Crippen LogP contribution is -2.44. The van der Waals surface area contributed by atoms with Gasteiger partial charge in [-0.05, 0) is 38.1 Å². The molecule has 1 aromatic carbocycles. The molecule has 0 radical (unpaired) electrons. The van der Waals surface area contributed by atoms with Gasteiger partial charge >= 0.3 is 0 Å². The van der Waals surface area contributed by atoms with E-state index < -0.39 is 36.2 Å². The number of benzene rings is 1. The van der Waals surface area contributed by atoms with Gasteiger partial charge in [0.2, 0.25) is 0 Å². The van der Waals surface area contributed by atoms with Crippen LogP contribution in [-0.4, -0.2) is 16.2 Å². The Morgan fingerprint density at radius 1 is 1.04 bits per heavy atom. The van der Waals surface area contributed by atoms with Crippen molar-refractivity contribution in [1.82, 2.24) is 4.98 Å². The topological polar surface area (TPSA) is 25.2 Å². The molecule has 7 heteroatoms. The molecular weight excluding hydrogens is 339 g/mol. The Hall–Kier alpha value is -2.31. The fraction of sp³-hybridized carbons (Fsp3) is 0.333. The summed E-state index contributed by atoms with van der Waals surface area (Å²) in [6.07, 6.45) is 1.26. The Labute approximate surface area is 141 Å². The largest absolute Gasteiger partial charge is 0.298 e. The van der Waals surface area contributed by atoms with Gasteiger partial charge in [-0.3, -0.25) is 9.98 Å². The van der Waals surface area contributed by atoms with Crippen LogP contribution < -0.4 is 0 Å². The van der Waals surface area contributed by atoms with E-state index in [1.807, 2.05) is 0 Å². The number of aromatic nitrogens is 1. The van der Waals surface area contributed by atoms with Gasteiger partial charge in [0, 0.05) is 28.5 Å². The molecule has 0 bridgehead atoms. The number of aliphatic imine (C=N–C) groups is 1. The smallest absolute Gasteiger partial charge is 0.271 e. The molecule has 132 valence electrons. The van der Waals surface area contributed by atoms with Gasteiger partial charge in [0.1, 0.15) is 24.7 Å². The number of pyridine rings is 1. The minimum atomic E-state index is -3.39. The van der Waals surface area contributed by atoms with Crippen LogP contribution in [0.15, 0.2) is 35.5 Å². The summed E-state index contributed by atoms with van der Waals surface area (Å²) in [6.45, 7) is 0.598. The van der Waals surface area contributed by atoms with Crippen molar-refractivity contribution >= 4 is 5.71 Å². The molecule has 0 unspecified atom stereocenters. The second-order valence-electron chi connectivity index (χ2n) is 6.38. The zero-order chi connectivity index (χ0) is 18.4. The number of alkyl halides is 4. The Kier molecular flexibility index (Phi) is 4.13. The molecule has 0 aliphatic carbocycles. The van der Waals surface area contributed by atoms with Gasteiger partial charge in [-0.2, -0.15) is 8.78 Å². The van der Waals surface area contributed by atoms with Crippen LogP contribution in [0.1, 0.15) is 41.8 Å². The van der Waals surface area contributed by atoms with Gasteiger partial charge in [0.15, 0.2) is 0 Å². The minimum Gasteiger partial charge on any atom is -0.271 e. The molecule has 0 N–H and O–H groups in total. The molecule has 3 rings (SSSR count). The average Bonchev–Trinajstić information content (AvgIpc) is 2.58. The van der Waals surface area contributed by atoms with E-state index in [4.69, 9.17) is 0 Å². The van der Waals surface area contributed by atoms with Crippen LogP contribution >= 0.6 is 0 Å². The van der Waals surface area contributed by atoms with Crippen molar-refractivity contribution in [2.45, 2.75) is 38.7 Å². The van der Waals surface area contributed by atoms with Crippen molar-refractivity contribution in [3.8, 4) is 0 Å². The number of halogens is 5. The first kappa shape index (κ1) is 17.5. The summed E-state index contributed by atoms with van der Waals surface area (Å²) in [4.78, 5) is 7.99. The van der Waals surface area contributed by atoms with Crippen molar-refractivity contribution in [2.24, 2.45) is 4.99 Å². The maximum atomic E-state index is 14.7. The van der Waals surface area contributed by atoms with Crippen LogP contribution in [0.4, 0.5) is 22.0 Å². The normalized spacial score (nSPS) is 17.8. The molecule has 0 amide bonds. The standard InChI is InChI=1S/C18H15F5N2/c1-17(2)18(22,23)14-6-12(21)3-4-13(14)16(25-17)11-5-10(7-19)15(8-20)24-9-11/h3-6,9H,7-8H2,1-2H3. The molecule has 0 saturated carbocycles. The van der Waals surface area contributed by atoms with E-state index in [2.05, 4.69) is 9.98 Å². The van der Waals surface area contributed by atoms with E-state index in [0.29, 0.717) is 0 Å². The van der Waals surface area contributed by atoms with E-state index in [0.717, 1.165) is 12.1 Å². The predicted molar refractivity (Wildman–Crippen MR) is 83.9 cm³/mol. The van der Waals surface area contributed by atoms with E-state index >= 15 is 0 Å². The molecule has 2 nitrogen and oxygen atoms in total. The molecule has 0 atom stereocenters. The fourth-order valence-electron chi connectivity index (χ4n) is 2.85. The molecule has 2 heterocycles. The third kappa shape index (κ3) is 2.71. The summed E-state index contributed by atoms with van der Waals surface area (Å²) in [6, 6.07) is 4.39. The lowest BCUT2D eigenvalue weighted by Gasteiger charge is -2.37. The zero-order valence-electron chi connectivity index (χ0n) is 13.6. The summed E-state index contributed by atoms with van der Waals surface area (Å²) >= 11 is 0. The second-order valence-corrected chi connectivity index (χ2v) is 6.38. The maximum absolute atomic E-state index is 14.7. The molecule has 1 aliphatic rings. The fourth-order valence-corrected chi connectivity index (χ4v) is 2.85. The molecule has 0 saturated heterocycles. The highest BCUT2D eigenvalue weighted by Gasteiger charge is 2.53. The molecule has 0 fully saturated rings. The number of hydrogen-bond acceptors (Lipinski definition) is 2. The average molecular weight is 354 g/mol. The molecule has 2 aromatic rings. The molecule has 25 heavy (non-hydrogen) atoms. The van der Waals surface area contributed by atoms with Crippen LogP contribution in [0.2, 0.25) is 0 Å². The third-order valence-corrected chi connectivity index (χ3v) is 4.34. The first-order valence-corrected chi connectivity index (χ1v) is 7.59. The first-order valence-electron chi connectivity index (χ1n) is 7.59. The predicted octanol–water partition coefficient (Wildman–Crippen LogP) is 4.88. The summed E-state index contributed by atoms with van der Waals surface area (Å²) < 4.78 is 69.0. The van der Waals surface area contributed by atoms with E-state index in [1.165, 1.54) is 32.2 Å².